The molecule has 2 aromatic heterocycles. The van der Waals surface area contributed by atoms with Crippen molar-refractivity contribution in [1.82, 2.24) is 0 Å². The van der Waals surface area contributed by atoms with Gasteiger partial charge in [0.15, 0.2) is 0 Å². The van der Waals surface area contributed by atoms with Crippen LogP contribution in [-0.4, -0.2) is 10.4 Å². The number of pyridine rings is 2. The summed E-state index contributed by atoms with van der Waals surface area (Å²) in [4.78, 5) is 0. The fourth-order valence-electron chi connectivity index (χ4n) is 0.851. The van der Waals surface area contributed by atoms with E-state index in [0.717, 1.165) is 9.46 Å². The summed E-state index contributed by atoms with van der Waals surface area (Å²) in [6.07, 6.45) is 3.03. The van der Waals surface area contributed by atoms with Crippen molar-refractivity contribution in [1.29, 1.82) is 0 Å². The van der Waals surface area contributed by atoms with Gasteiger partial charge in [-0.1, -0.05) is 25.3 Å². The van der Waals surface area contributed by atoms with E-state index in [1.807, 2.05) is 0 Å². The Morgan fingerprint density at radius 1 is 0.765 bits per heavy atom. The molecule has 0 unspecified atom stereocenters. The second kappa shape index (κ2) is 8.39. The average Bonchev–Trinajstić information content (AvgIpc) is 2.28. The van der Waals surface area contributed by atoms with Gasteiger partial charge >= 0.3 is 0 Å². The monoisotopic (exact) mass is 451 g/mol. The fourth-order valence-corrected chi connectivity index (χ4v) is 1.16. The molecular formula is C10H12N2O2PtS2+2. The number of hydrogen-bond acceptors (Lipinski definition) is 4. The third-order valence-electron chi connectivity index (χ3n) is 1.64. The minimum Gasteiger partial charge on any atom is -0.284 e. The minimum atomic E-state index is 0. The number of thiol groups is 2. The van der Waals surface area contributed by atoms with Crippen LogP contribution in [-0.2, 0) is 21.1 Å². The molecule has 2 rings (SSSR count). The molecule has 7 heteroatoms. The van der Waals surface area contributed by atoms with E-state index in [1.165, 1.54) is 12.4 Å². The summed E-state index contributed by atoms with van der Waals surface area (Å²) in [5.74, 6) is 0. The maximum Gasteiger partial charge on any atom is 0.287 e. The average molecular weight is 451 g/mol. The van der Waals surface area contributed by atoms with E-state index >= 15 is 0 Å². The van der Waals surface area contributed by atoms with Gasteiger partial charge in [0, 0.05) is 54.8 Å². The summed E-state index contributed by atoms with van der Waals surface area (Å²) in [6, 6.07) is 10.4. The summed E-state index contributed by atoms with van der Waals surface area (Å²) >= 11 is 7.82. The van der Waals surface area contributed by atoms with Gasteiger partial charge in [0.05, 0.1) is 0 Å². The molecule has 2 heterocycles. The first-order chi connectivity index (χ1) is 7.61. The van der Waals surface area contributed by atoms with E-state index < -0.39 is 0 Å². The molecule has 0 amide bonds. The van der Waals surface area contributed by atoms with Crippen molar-refractivity contribution < 1.29 is 40.9 Å². The van der Waals surface area contributed by atoms with Crippen molar-refractivity contribution in [2.24, 2.45) is 0 Å². The van der Waals surface area contributed by atoms with Crippen LogP contribution in [0.4, 0.5) is 0 Å². The third-order valence-corrected chi connectivity index (χ3v) is 2.34. The van der Waals surface area contributed by atoms with E-state index in [2.05, 4.69) is 25.3 Å². The van der Waals surface area contributed by atoms with E-state index in [1.54, 1.807) is 36.4 Å². The molecule has 4 nitrogen and oxygen atoms in total. The Kier molecular flexibility index (Phi) is 8.04. The molecule has 2 aromatic rings. The smallest absolute Gasteiger partial charge is 0.284 e. The molecule has 2 N–H and O–H groups in total. The molecule has 0 aliphatic heterocycles. The normalized spacial score (nSPS) is 8.59. The second-order valence-electron chi connectivity index (χ2n) is 2.81. The Morgan fingerprint density at radius 2 is 1.12 bits per heavy atom. The Bertz CT molecular complexity index is 386. The summed E-state index contributed by atoms with van der Waals surface area (Å²) in [7, 11) is 0. The maximum atomic E-state index is 8.76. The molecule has 0 radical (unpaired) electrons. The van der Waals surface area contributed by atoms with Crippen LogP contribution in [0.15, 0.2) is 58.8 Å². The number of aromatic nitrogens is 2. The first-order valence-corrected chi connectivity index (χ1v) is 5.28. The van der Waals surface area contributed by atoms with Crippen LogP contribution in [0.1, 0.15) is 0 Å². The predicted octanol–water partition coefficient (Wildman–Crippen LogP) is 0.998. The number of rotatable bonds is 0. The van der Waals surface area contributed by atoms with Gasteiger partial charge < -0.3 is 0 Å². The first kappa shape index (κ1) is 16.3. The van der Waals surface area contributed by atoms with Gasteiger partial charge in [0.1, 0.15) is 0 Å². The van der Waals surface area contributed by atoms with Crippen LogP contribution < -0.4 is 9.46 Å². The van der Waals surface area contributed by atoms with Crippen LogP contribution in [0.3, 0.4) is 0 Å². The van der Waals surface area contributed by atoms with Crippen molar-refractivity contribution in [2.75, 3.05) is 0 Å². The van der Waals surface area contributed by atoms with Gasteiger partial charge in [-0.25, -0.2) is 0 Å². The van der Waals surface area contributed by atoms with Crippen molar-refractivity contribution in [3.63, 3.8) is 0 Å². The Balaban J connectivity index is 0.000000284. The van der Waals surface area contributed by atoms with Crippen LogP contribution in [0.2, 0.25) is 0 Å². The molecule has 0 fully saturated rings. The molecule has 0 saturated carbocycles. The van der Waals surface area contributed by atoms with Crippen LogP contribution in [0.5, 0.6) is 0 Å². The van der Waals surface area contributed by atoms with Crippen molar-refractivity contribution in [3.05, 3.63) is 48.8 Å². The molecule has 0 bridgehead atoms. The minimum absolute atomic E-state index is 0. The Labute approximate surface area is 125 Å². The van der Waals surface area contributed by atoms with E-state index in [9.17, 15) is 0 Å². The largest absolute Gasteiger partial charge is 0.287 e. The zero-order valence-electron chi connectivity index (χ0n) is 8.62. The molecule has 94 valence electrons. The van der Waals surface area contributed by atoms with Gasteiger partial charge in [0.2, 0.25) is 12.4 Å². The molecule has 0 aliphatic carbocycles. The zero-order chi connectivity index (χ0) is 12.0. The molecule has 0 atom stereocenters. The van der Waals surface area contributed by atoms with Crippen molar-refractivity contribution >= 4 is 25.3 Å². The standard InChI is InChI=1S/2C5H5NOS.Pt/c2*7-6-4-2-1-3-5(6)8;/h2*1-4,7H;/p+2. The van der Waals surface area contributed by atoms with E-state index in [4.69, 9.17) is 10.4 Å². The second-order valence-corrected chi connectivity index (χ2v) is 3.72. The third kappa shape index (κ3) is 5.96. The summed E-state index contributed by atoms with van der Waals surface area (Å²) < 4.78 is 1.90. The predicted molar refractivity (Wildman–Crippen MR) is 62.1 cm³/mol. The molecular weight excluding hydrogens is 439 g/mol. The SMILES string of the molecule is O[n+]1ccccc1S.O[n+]1ccccc1S.[Pt]. The van der Waals surface area contributed by atoms with Crippen LogP contribution in [0.25, 0.3) is 0 Å². The Morgan fingerprint density at radius 3 is 1.29 bits per heavy atom. The van der Waals surface area contributed by atoms with E-state index in [0.29, 0.717) is 10.1 Å². The zero-order valence-corrected chi connectivity index (χ0v) is 12.7. The molecule has 0 aromatic carbocycles. The Hall–Kier alpha value is -0.712. The quantitative estimate of drug-likeness (QED) is 0.275. The van der Waals surface area contributed by atoms with Crippen LogP contribution >= 0.6 is 25.3 Å². The van der Waals surface area contributed by atoms with Gasteiger partial charge in [-0.3, -0.25) is 10.4 Å². The van der Waals surface area contributed by atoms with Gasteiger partial charge in [-0.05, 0) is 12.1 Å². The maximum absolute atomic E-state index is 8.76. The summed E-state index contributed by atoms with van der Waals surface area (Å²) in [5.41, 5.74) is 0. The van der Waals surface area contributed by atoms with Crippen molar-refractivity contribution in [3.8, 4) is 0 Å². The van der Waals surface area contributed by atoms with Gasteiger partial charge in [0.25, 0.3) is 10.1 Å². The number of nitrogens with zero attached hydrogens (tertiary/aromatic N) is 2. The number of hydrogen-bond donors (Lipinski definition) is 4. The van der Waals surface area contributed by atoms with Gasteiger partial charge in [-0.2, -0.15) is 0 Å². The van der Waals surface area contributed by atoms with E-state index in [-0.39, 0.29) is 21.1 Å². The molecule has 17 heavy (non-hydrogen) atoms. The fraction of sp³-hybridized carbons (Fsp3) is 0. The topological polar surface area (TPSA) is 48.2 Å². The van der Waals surface area contributed by atoms with Crippen LogP contribution in [0, 0.1) is 0 Å². The summed E-state index contributed by atoms with van der Waals surface area (Å²) in [5, 5.41) is 18.6. The molecule has 0 aliphatic rings. The molecule has 0 spiro atoms. The van der Waals surface area contributed by atoms with Crippen molar-refractivity contribution in [2.45, 2.75) is 10.1 Å². The summed E-state index contributed by atoms with van der Waals surface area (Å²) in [6.45, 7) is 0. The first-order valence-electron chi connectivity index (χ1n) is 4.39. The van der Waals surface area contributed by atoms with Gasteiger partial charge in [-0.15, -0.1) is 0 Å². The molecule has 0 saturated heterocycles.